The molecule has 2 N–H and O–H groups in total. The maximum absolute atomic E-state index is 13.0. The normalized spacial score (nSPS) is 17.1. The highest BCUT2D eigenvalue weighted by molar-refractivity contribution is 6.50. The molecule has 0 radical (unpaired) electrons. The topological polar surface area (TPSA) is 79.4 Å². The van der Waals surface area contributed by atoms with E-state index in [9.17, 15) is 9.59 Å². The van der Waals surface area contributed by atoms with Crippen molar-refractivity contribution in [3.63, 3.8) is 0 Å². The van der Waals surface area contributed by atoms with Crippen LogP contribution >= 0.6 is 0 Å². The van der Waals surface area contributed by atoms with Crippen molar-refractivity contribution in [1.82, 2.24) is 14.9 Å². The third-order valence-corrected chi connectivity index (χ3v) is 6.41. The number of anilines is 1. The molecule has 4 heterocycles. The van der Waals surface area contributed by atoms with Gasteiger partial charge in [0.05, 0.1) is 29.9 Å². The van der Waals surface area contributed by atoms with Crippen molar-refractivity contribution in [2.75, 3.05) is 31.2 Å². The highest BCUT2D eigenvalue weighted by atomic mass is 16.5. The summed E-state index contributed by atoms with van der Waals surface area (Å²) in [6, 6.07) is 14.1. The monoisotopic (exact) mass is 426 g/mol. The number of fused-ring (bicyclic) bond motifs is 2. The number of aromatic nitrogens is 2. The molecule has 1 fully saturated rings. The Hall–Kier alpha value is -3.84. The van der Waals surface area contributed by atoms with Gasteiger partial charge in [-0.1, -0.05) is 24.3 Å². The van der Waals surface area contributed by atoms with Crippen molar-refractivity contribution in [3.8, 4) is 0 Å². The number of H-pyrrole nitrogens is 1. The maximum Gasteiger partial charge on any atom is 0.259 e. The molecule has 6 rings (SSSR count). The van der Waals surface area contributed by atoms with Crippen LogP contribution in [-0.2, 0) is 21.4 Å². The Morgan fingerprint density at radius 2 is 1.66 bits per heavy atom. The Bertz CT molecular complexity index is 1440. The number of benzene rings is 2. The van der Waals surface area contributed by atoms with Crippen LogP contribution in [0.5, 0.6) is 0 Å². The fourth-order valence-electron chi connectivity index (χ4n) is 4.84. The van der Waals surface area contributed by atoms with Crippen molar-refractivity contribution in [2.45, 2.75) is 0 Å². The minimum absolute atomic E-state index is 0.361. The lowest BCUT2D eigenvalue weighted by atomic mass is 9.95. The van der Waals surface area contributed by atoms with Gasteiger partial charge in [-0.25, -0.2) is 0 Å². The minimum Gasteiger partial charge on any atom is -0.378 e. The summed E-state index contributed by atoms with van der Waals surface area (Å²) >= 11 is 0. The predicted octanol–water partition coefficient (Wildman–Crippen LogP) is 3.06. The number of hydrogen-bond acceptors (Lipinski definition) is 4. The molecule has 0 unspecified atom stereocenters. The van der Waals surface area contributed by atoms with Crippen LogP contribution in [0.2, 0.25) is 0 Å². The fraction of sp³-hybridized carbons (Fsp3) is 0.200. The Labute approximate surface area is 184 Å². The van der Waals surface area contributed by atoms with Crippen LogP contribution in [0.25, 0.3) is 33.0 Å². The van der Waals surface area contributed by atoms with Crippen molar-refractivity contribution >= 4 is 50.5 Å². The van der Waals surface area contributed by atoms with Gasteiger partial charge in [0.25, 0.3) is 11.8 Å². The van der Waals surface area contributed by atoms with Crippen molar-refractivity contribution in [2.24, 2.45) is 7.05 Å². The van der Waals surface area contributed by atoms with Crippen LogP contribution in [0.15, 0.2) is 54.9 Å². The molecule has 0 saturated carbocycles. The number of amides is 2. The van der Waals surface area contributed by atoms with Crippen molar-refractivity contribution in [3.05, 3.63) is 66.0 Å². The molecule has 2 amide bonds. The standard InChI is InChI=1S/C25H22N4O3/c1-28-14-19(17-7-6-15(12-21(17)28)29-8-10-32-11-9-29)23-22(24(30)27-25(23)31)18-13-26-20-5-3-2-4-16(18)20/h2-7,12-14,26H,8-11H2,1H3,(H,27,30,31). The fourth-order valence-corrected chi connectivity index (χ4v) is 4.84. The highest BCUT2D eigenvalue weighted by Gasteiger charge is 2.35. The summed E-state index contributed by atoms with van der Waals surface area (Å²) in [4.78, 5) is 31.4. The van der Waals surface area contributed by atoms with Gasteiger partial charge in [-0.05, 0) is 18.2 Å². The lowest BCUT2D eigenvalue weighted by Gasteiger charge is -2.29. The van der Waals surface area contributed by atoms with Crippen molar-refractivity contribution in [1.29, 1.82) is 0 Å². The first-order valence-corrected chi connectivity index (χ1v) is 10.7. The van der Waals surface area contributed by atoms with Crippen molar-refractivity contribution < 1.29 is 14.3 Å². The zero-order valence-electron chi connectivity index (χ0n) is 17.6. The van der Waals surface area contributed by atoms with Crippen LogP contribution in [0.4, 0.5) is 5.69 Å². The third kappa shape index (κ3) is 2.78. The Morgan fingerprint density at radius 1 is 0.906 bits per heavy atom. The summed E-state index contributed by atoms with van der Waals surface area (Å²) in [6.45, 7) is 3.16. The number of imide groups is 1. The van der Waals surface area contributed by atoms with Gasteiger partial charge in [-0.15, -0.1) is 0 Å². The molecular formula is C25H22N4O3. The maximum atomic E-state index is 13.0. The minimum atomic E-state index is -0.364. The quantitative estimate of drug-likeness (QED) is 0.494. The number of aryl methyl sites for hydroxylation is 1. The third-order valence-electron chi connectivity index (χ3n) is 6.41. The SMILES string of the molecule is Cn1cc(C2=C(c3c[nH]c4ccccc34)C(=O)NC2=O)c2ccc(N3CCOCC3)cc21. The van der Waals surface area contributed by atoms with E-state index in [1.807, 2.05) is 48.1 Å². The number of carbonyl (C=O) groups excluding carboxylic acids is 2. The first-order valence-electron chi connectivity index (χ1n) is 10.7. The van der Waals surface area contributed by atoms with E-state index >= 15 is 0 Å². The molecule has 2 aliphatic rings. The second-order valence-corrected chi connectivity index (χ2v) is 8.24. The summed E-state index contributed by atoms with van der Waals surface area (Å²) < 4.78 is 7.49. The first kappa shape index (κ1) is 18.9. The van der Waals surface area contributed by atoms with E-state index < -0.39 is 0 Å². The lowest BCUT2D eigenvalue weighted by Crippen LogP contribution is -2.36. The predicted molar refractivity (Wildman–Crippen MR) is 124 cm³/mol. The van der Waals surface area contributed by atoms with Gasteiger partial charge in [-0.2, -0.15) is 0 Å². The molecule has 0 aliphatic carbocycles. The summed E-state index contributed by atoms with van der Waals surface area (Å²) in [7, 11) is 1.97. The average molecular weight is 426 g/mol. The summed E-state index contributed by atoms with van der Waals surface area (Å²) in [5, 5.41) is 4.37. The van der Waals surface area contributed by atoms with Gasteiger partial charge >= 0.3 is 0 Å². The van der Waals surface area contributed by atoms with Crippen LogP contribution < -0.4 is 10.2 Å². The largest absolute Gasteiger partial charge is 0.378 e. The van der Waals surface area contributed by atoms with Gasteiger partial charge < -0.3 is 19.2 Å². The van der Waals surface area contributed by atoms with Gasteiger partial charge in [0, 0.05) is 65.6 Å². The number of para-hydroxylation sites is 1. The molecular weight excluding hydrogens is 404 g/mol. The second kappa shape index (κ2) is 7.10. The second-order valence-electron chi connectivity index (χ2n) is 8.24. The van der Waals surface area contributed by atoms with E-state index in [-0.39, 0.29) is 11.8 Å². The van der Waals surface area contributed by atoms with Gasteiger partial charge in [-0.3, -0.25) is 14.9 Å². The molecule has 32 heavy (non-hydrogen) atoms. The average Bonchev–Trinajstić information content (AvgIpc) is 3.47. The molecule has 1 saturated heterocycles. The van der Waals surface area contributed by atoms with E-state index in [0.29, 0.717) is 11.1 Å². The van der Waals surface area contributed by atoms with E-state index in [1.165, 1.54) is 0 Å². The molecule has 2 aromatic carbocycles. The number of hydrogen-bond donors (Lipinski definition) is 2. The van der Waals surface area contributed by atoms with Crippen LogP contribution in [0.1, 0.15) is 11.1 Å². The van der Waals surface area contributed by atoms with Crippen LogP contribution in [-0.4, -0.2) is 47.7 Å². The smallest absolute Gasteiger partial charge is 0.259 e. The summed E-state index contributed by atoms with van der Waals surface area (Å²) in [5.74, 6) is -0.725. The Kier molecular flexibility index (Phi) is 4.19. The Morgan fingerprint density at radius 3 is 2.47 bits per heavy atom. The first-order chi connectivity index (χ1) is 15.6. The Balaban J connectivity index is 1.54. The number of aromatic amines is 1. The lowest BCUT2D eigenvalue weighted by molar-refractivity contribution is -0.122. The molecule has 0 atom stereocenters. The summed E-state index contributed by atoms with van der Waals surface area (Å²) in [5.41, 5.74) is 5.41. The highest BCUT2D eigenvalue weighted by Crippen LogP contribution is 2.38. The van der Waals surface area contributed by atoms with Crippen LogP contribution in [0, 0.1) is 0 Å². The molecule has 160 valence electrons. The van der Waals surface area contributed by atoms with E-state index in [0.717, 1.165) is 64.9 Å². The summed E-state index contributed by atoms with van der Waals surface area (Å²) in [6.07, 6.45) is 3.75. The van der Waals surface area contributed by atoms with Gasteiger partial charge in [0.1, 0.15) is 0 Å². The number of carbonyl (C=O) groups is 2. The van der Waals surface area contributed by atoms with E-state index in [2.05, 4.69) is 27.3 Å². The van der Waals surface area contributed by atoms with E-state index in [1.54, 1.807) is 6.20 Å². The number of nitrogens with zero attached hydrogens (tertiary/aromatic N) is 2. The number of ether oxygens (including phenoxy) is 1. The molecule has 4 aromatic rings. The van der Waals surface area contributed by atoms with E-state index in [4.69, 9.17) is 4.74 Å². The molecule has 7 heteroatoms. The number of nitrogens with one attached hydrogen (secondary N) is 2. The molecule has 0 bridgehead atoms. The number of morpholine rings is 1. The molecule has 7 nitrogen and oxygen atoms in total. The molecule has 2 aromatic heterocycles. The molecule has 2 aliphatic heterocycles. The van der Waals surface area contributed by atoms with Crippen LogP contribution in [0.3, 0.4) is 0 Å². The van der Waals surface area contributed by atoms with Gasteiger partial charge in [0.2, 0.25) is 0 Å². The zero-order chi connectivity index (χ0) is 21.8. The zero-order valence-corrected chi connectivity index (χ0v) is 17.6. The van der Waals surface area contributed by atoms with Gasteiger partial charge in [0.15, 0.2) is 0 Å². The molecule has 0 spiro atoms. The number of rotatable bonds is 3.